The predicted octanol–water partition coefficient (Wildman–Crippen LogP) is 2.11. The SMILES string of the molecule is CCC(C)[C@H](N)c1nc(Cc2ccc(OC)nc2)no1. The largest absolute Gasteiger partial charge is 0.481 e. The van der Waals surface area contributed by atoms with Crippen LogP contribution in [0.25, 0.3) is 0 Å². The number of methoxy groups -OCH3 is 1. The molecule has 2 aromatic heterocycles. The minimum atomic E-state index is -0.213. The van der Waals surface area contributed by atoms with E-state index in [1.54, 1.807) is 19.4 Å². The summed E-state index contributed by atoms with van der Waals surface area (Å²) < 4.78 is 10.3. The first-order valence-corrected chi connectivity index (χ1v) is 6.71. The van der Waals surface area contributed by atoms with Gasteiger partial charge in [0.2, 0.25) is 11.8 Å². The zero-order valence-corrected chi connectivity index (χ0v) is 12.0. The Morgan fingerprint density at radius 1 is 1.40 bits per heavy atom. The summed E-state index contributed by atoms with van der Waals surface area (Å²) in [6.07, 6.45) is 3.28. The highest BCUT2D eigenvalue weighted by Gasteiger charge is 2.20. The van der Waals surface area contributed by atoms with E-state index in [0.717, 1.165) is 12.0 Å². The van der Waals surface area contributed by atoms with E-state index in [1.807, 2.05) is 6.07 Å². The third kappa shape index (κ3) is 3.33. The lowest BCUT2D eigenvalue weighted by molar-refractivity contribution is 0.310. The summed E-state index contributed by atoms with van der Waals surface area (Å²) in [6, 6.07) is 3.52. The van der Waals surface area contributed by atoms with Crippen LogP contribution in [0.1, 0.15) is 43.6 Å². The quantitative estimate of drug-likeness (QED) is 0.869. The number of nitrogens with two attached hydrogens (primary N) is 1. The van der Waals surface area contributed by atoms with Crippen molar-refractivity contribution in [2.45, 2.75) is 32.7 Å². The van der Waals surface area contributed by atoms with Crippen molar-refractivity contribution in [2.24, 2.45) is 11.7 Å². The van der Waals surface area contributed by atoms with Crippen molar-refractivity contribution in [2.75, 3.05) is 7.11 Å². The highest BCUT2D eigenvalue weighted by atomic mass is 16.5. The maximum absolute atomic E-state index is 6.07. The average molecular weight is 276 g/mol. The summed E-state index contributed by atoms with van der Waals surface area (Å²) in [5.41, 5.74) is 7.06. The molecule has 2 atom stereocenters. The summed E-state index contributed by atoms with van der Waals surface area (Å²) in [7, 11) is 1.59. The van der Waals surface area contributed by atoms with Crippen LogP contribution < -0.4 is 10.5 Å². The summed E-state index contributed by atoms with van der Waals surface area (Å²) in [6.45, 7) is 4.16. The van der Waals surface area contributed by atoms with Crippen molar-refractivity contribution in [3.05, 3.63) is 35.6 Å². The Labute approximate surface area is 118 Å². The molecule has 0 saturated heterocycles. The summed E-state index contributed by atoms with van der Waals surface area (Å²) in [4.78, 5) is 8.50. The molecule has 2 heterocycles. The van der Waals surface area contributed by atoms with E-state index < -0.39 is 0 Å². The van der Waals surface area contributed by atoms with Gasteiger partial charge in [0.15, 0.2) is 5.82 Å². The van der Waals surface area contributed by atoms with E-state index >= 15 is 0 Å². The van der Waals surface area contributed by atoms with Crippen LogP contribution in [-0.2, 0) is 6.42 Å². The first-order chi connectivity index (χ1) is 9.63. The first kappa shape index (κ1) is 14.5. The molecule has 0 fully saturated rings. The Morgan fingerprint density at radius 3 is 2.80 bits per heavy atom. The van der Waals surface area contributed by atoms with Crippen molar-refractivity contribution in [3.63, 3.8) is 0 Å². The Kier molecular flexibility index (Phi) is 4.68. The van der Waals surface area contributed by atoms with Crippen LogP contribution in [0.5, 0.6) is 5.88 Å². The number of rotatable bonds is 6. The van der Waals surface area contributed by atoms with E-state index in [9.17, 15) is 0 Å². The van der Waals surface area contributed by atoms with Gasteiger partial charge in [0.1, 0.15) is 0 Å². The number of ether oxygens (including phenoxy) is 1. The number of nitrogens with zero attached hydrogens (tertiary/aromatic N) is 3. The molecule has 6 heteroatoms. The minimum absolute atomic E-state index is 0.213. The molecule has 0 aliphatic carbocycles. The van der Waals surface area contributed by atoms with Gasteiger partial charge in [0, 0.05) is 18.7 Å². The summed E-state index contributed by atoms with van der Waals surface area (Å²) in [5, 5.41) is 3.97. The second kappa shape index (κ2) is 6.47. The highest BCUT2D eigenvalue weighted by Crippen LogP contribution is 2.20. The molecular formula is C14H20N4O2. The number of aromatic nitrogens is 3. The van der Waals surface area contributed by atoms with Gasteiger partial charge in [-0.05, 0) is 11.5 Å². The molecule has 6 nitrogen and oxygen atoms in total. The average Bonchev–Trinajstić information content (AvgIpc) is 2.95. The molecule has 2 N–H and O–H groups in total. The molecule has 1 unspecified atom stereocenters. The van der Waals surface area contributed by atoms with Crippen molar-refractivity contribution in [3.8, 4) is 5.88 Å². The second-order valence-corrected chi connectivity index (χ2v) is 4.85. The fourth-order valence-electron chi connectivity index (χ4n) is 1.79. The fourth-order valence-corrected chi connectivity index (χ4v) is 1.79. The predicted molar refractivity (Wildman–Crippen MR) is 74.3 cm³/mol. The number of hydrogen-bond donors (Lipinski definition) is 1. The smallest absolute Gasteiger partial charge is 0.243 e. The van der Waals surface area contributed by atoms with Crippen LogP contribution in [0, 0.1) is 5.92 Å². The number of hydrogen-bond acceptors (Lipinski definition) is 6. The lowest BCUT2D eigenvalue weighted by Crippen LogP contribution is -2.18. The normalized spacial score (nSPS) is 14.0. The van der Waals surface area contributed by atoms with E-state index in [4.69, 9.17) is 15.0 Å². The third-order valence-corrected chi connectivity index (χ3v) is 3.39. The number of pyridine rings is 1. The zero-order chi connectivity index (χ0) is 14.5. The van der Waals surface area contributed by atoms with Gasteiger partial charge in [-0.25, -0.2) is 4.98 Å². The third-order valence-electron chi connectivity index (χ3n) is 3.39. The van der Waals surface area contributed by atoms with Gasteiger partial charge in [0.25, 0.3) is 0 Å². The van der Waals surface area contributed by atoms with Gasteiger partial charge >= 0.3 is 0 Å². The molecule has 2 rings (SSSR count). The van der Waals surface area contributed by atoms with Crippen molar-refractivity contribution in [1.82, 2.24) is 15.1 Å². The Hall–Kier alpha value is -1.95. The Bertz CT molecular complexity index is 538. The maximum Gasteiger partial charge on any atom is 0.243 e. The molecule has 0 aromatic carbocycles. The molecule has 0 amide bonds. The van der Waals surface area contributed by atoms with Gasteiger partial charge in [0.05, 0.1) is 13.2 Å². The Morgan fingerprint density at radius 2 is 2.20 bits per heavy atom. The Balaban J connectivity index is 2.05. The van der Waals surface area contributed by atoms with Crippen LogP contribution in [0.4, 0.5) is 0 Å². The zero-order valence-electron chi connectivity index (χ0n) is 12.0. The van der Waals surface area contributed by atoms with Crippen molar-refractivity contribution >= 4 is 0 Å². The van der Waals surface area contributed by atoms with E-state index in [-0.39, 0.29) is 6.04 Å². The molecule has 2 aromatic rings. The van der Waals surface area contributed by atoms with Crippen LogP contribution in [-0.4, -0.2) is 22.2 Å². The van der Waals surface area contributed by atoms with E-state index in [0.29, 0.717) is 29.9 Å². The second-order valence-electron chi connectivity index (χ2n) is 4.85. The fraction of sp³-hybridized carbons (Fsp3) is 0.500. The first-order valence-electron chi connectivity index (χ1n) is 6.71. The maximum atomic E-state index is 6.07. The molecular weight excluding hydrogens is 256 g/mol. The van der Waals surface area contributed by atoms with Gasteiger partial charge in [-0.2, -0.15) is 4.98 Å². The van der Waals surface area contributed by atoms with Crippen molar-refractivity contribution in [1.29, 1.82) is 0 Å². The van der Waals surface area contributed by atoms with Gasteiger partial charge in [-0.3, -0.25) is 0 Å². The van der Waals surface area contributed by atoms with Crippen LogP contribution >= 0.6 is 0 Å². The van der Waals surface area contributed by atoms with E-state index in [2.05, 4.69) is 29.0 Å². The highest BCUT2D eigenvalue weighted by molar-refractivity contribution is 5.20. The topological polar surface area (TPSA) is 87.1 Å². The van der Waals surface area contributed by atoms with E-state index in [1.165, 1.54) is 0 Å². The standard InChI is InChI=1S/C14H20N4O2/c1-4-9(2)13(15)14-17-11(18-20-14)7-10-5-6-12(19-3)16-8-10/h5-6,8-9,13H,4,7,15H2,1-3H3/t9?,13-/m0/s1. The molecule has 108 valence electrons. The minimum Gasteiger partial charge on any atom is -0.481 e. The lowest BCUT2D eigenvalue weighted by atomic mass is 10.0. The van der Waals surface area contributed by atoms with Gasteiger partial charge in [-0.15, -0.1) is 0 Å². The van der Waals surface area contributed by atoms with Gasteiger partial charge < -0.3 is 15.0 Å². The molecule has 0 bridgehead atoms. The molecule has 0 saturated carbocycles. The van der Waals surface area contributed by atoms with Crippen LogP contribution in [0.2, 0.25) is 0 Å². The summed E-state index contributed by atoms with van der Waals surface area (Å²) in [5.74, 6) is 2.01. The van der Waals surface area contributed by atoms with Crippen molar-refractivity contribution < 1.29 is 9.26 Å². The lowest BCUT2D eigenvalue weighted by Gasteiger charge is -2.12. The molecule has 0 aliphatic rings. The van der Waals surface area contributed by atoms with Crippen LogP contribution in [0.15, 0.2) is 22.9 Å². The monoisotopic (exact) mass is 276 g/mol. The molecule has 0 radical (unpaired) electrons. The molecule has 0 aliphatic heterocycles. The van der Waals surface area contributed by atoms with Gasteiger partial charge in [-0.1, -0.05) is 31.5 Å². The molecule has 20 heavy (non-hydrogen) atoms. The molecule has 0 spiro atoms. The van der Waals surface area contributed by atoms with Crippen LogP contribution in [0.3, 0.4) is 0 Å². The summed E-state index contributed by atoms with van der Waals surface area (Å²) >= 11 is 0.